The predicted octanol–water partition coefficient (Wildman–Crippen LogP) is 2.14. The van der Waals surface area contributed by atoms with Gasteiger partial charge in [-0.15, -0.1) is 4.99 Å². The van der Waals surface area contributed by atoms with Gasteiger partial charge in [-0.2, -0.15) is 4.99 Å². The molecule has 0 bridgehead atoms. The quantitative estimate of drug-likeness (QED) is 0.382. The van der Waals surface area contributed by atoms with Crippen LogP contribution in [0.4, 0.5) is 0 Å². The van der Waals surface area contributed by atoms with E-state index < -0.39 is 5.97 Å². The summed E-state index contributed by atoms with van der Waals surface area (Å²) < 4.78 is 14.7. The van der Waals surface area contributed by atoms with Crippen LogP contribution in [0, 0.1) is 0 Å². The lowest BCUT2D eigenvalue weighted by Gasteiger charge is -2.08. The summed E-state index contributed by atoms with van der Waals surface area (Å²) in [6.07, 6.45) is 0. The first kappa shape index (κ1) is 17.8. The van der Waals surface area contributed by atoms with E-state index in [1.165, 1.54) is 26.4 Å². The number of carbonyl (C=O) groups excluding carboxylic acids is 1. The smallest absolute Gasteiger partial charge is 0.346 e. The van der Waals surface area contributed by atoms with Crippen LogP contribution in [0.15, 0.2) is 58.8 Å². The summed E-state index contributed by atoms with van der Waals surface area (Å²) in [5.41, 5.74) is 5.73. The number of hydrogen-bond donors (Lipinski definition) is 2. The van der Waals surface area contributed by atoms with Crippen molar-refractivity contribution in [3.05, 3.63) is 54.4 Å². The number of nitrogens with two attached hydrogens (primary N) is 1. The second-order valence-corrected chi connectivity index (χ2v) is 4.75. The number of rotatable bonds is 3. The van der Waals surface area contributed by atoms with Gasteiger partial charge in [0, 0.05) is 0 Å². The SMILES string of the molecule is C=C(N=C(N=C(N)OC)OC(=O)c1cccc2cc(O)ccc12)OC. The summed E-state index contributed by atoms with van der Waals surface area (Å²) in [5.74, 6) is -0.654. The van der Waals surface area contributed by atoms with Crippen molar-refractivity contribution in [3.63, 3.8) is 0 Å². The zero-order valence-electron chi connectivity index (χ0n) is 13.7. The minimum atomic E-state index is -0.716. The average Bonchev–Trinajstić information content (AvgIpc) is 2.60. The third kappa shape index (κ3) is 4.47. The van der Waals surface area contributed by atoms with Crippen molar-refractivity contribution in [1.82, 2.24) is 0 Å². The third-order valence-electron chi connectivity index (χ3n) is 3.14. The van der Waals surface area contributed by atoms with E-state index in [2.05, 4.69) is 16.6 Å². The molecule has 0 atom stereocenters. The molecule has 0 heterocycles. The zero-order chi connectivity index (χ0) is 18.4. The number of benzene rings is 2. The maximum atomic E-state index is 12.5. The first-order chi connectivity index (χ1) is 11.9. The molecule has 2 aromatic carbocycles. The van der Waals surface area contributed by atoms with Gasteiger partial charge in [0.05, 0.1) is 19.8 Å². The number of phenols is 1. The second-order valence-electron chi connectivity index (χ2n) is 4.75. The Morgan fingerprint density at radius 3 is 2.60 bits per heavy atom. The van der Waals surface area contributed by atoms with Crippen LogP contribution in [0.3, 0.4) is 0 Å². The van der Waals surface area contributed by atoms with Gasteiger partial charge in [0.25, 0.3) is 6.02 Å². The van der Waals surface area contributed by atoms with E-state index in [1.807, 2.05) is 0 Å². The fraction of sp³-hybridized carbons (Fsp3) is 0.118. The molecule has 3 N–H and O–H groups in total. The van der Waals surface area contributed by atoms with Crippen LogP contribution in [0.1, 0.15) is 10.4 Å². The lowest BCUT2D eigenvalue weighted by Crippen LogP contribution is -2.19. The van der Waals surface area contributed by atoms with Gasteiger partial charge < -0.3 is 25.1 Å². The fourth-order valence-electron chi connectivity index (χ4n) is 1.95. The summed E-state index contributed by atoms with van der Waals surface area (Å²) in [7, 11) is 2.66. The molecule has 0 saturated carbocycles. The maximum Gasteiger partial charge on any atom is 0.346 e. The van der Waals surface area contributed by atoms with Crippen LogP contribution in [-0.2, 0) is 14.2 Å². The number of aliphatic imine (C=N–C) groups is 2. The van der Waals surface area contributed by atoms with Gasteiger partial charge >= 0.3 is 12.0 Å². The Morgan fingerprint density at radius 2 is 1.92 bits per heavy atom. The van der Waals surface area contributed by atoms with Crippen molar-refractivity contribution >= 4 is 28.8 Å². The van der Waals surface area contributed by atoms with Gasteiger partial charge in [0.2, 0.25) is 5.88 Å². The van der Waals surface area contributed by atoms with Crippen molar-refractivity contribution in [2.24, 2.45) is 15.7 Å². The van der Waals surface area contributed by atoms with E-state index in [0.29, 0.717) is 10.8 Å². The molecule has 2 aromatic rings. The minimum Gasteiger partial charge on any atom is -0.508 e. The first-order valence-electron chi connectivity index (χ1n) is 7.08. The lowest BCUT2D eigenvalue weighted by atomic mass is 10.0. The Kier molecular flexibility index (Phi) is 5.57. The van der Waals surface area contributed by atoms with Crippen LogP contribution < -0.4 is 5.73 Å². The fourth-order valence-corrected chi connectivity index (χ4v) is 1.95. The molecule has 130 valence electrons. The van der Waals surface area contributed by atoms with E-state index in [0.717, 1.165) is 0 Å². The van der Waals surface area contributed by atoms with E-state index in [9.17, 15) is 9.90 Å². The van der Waals surface area contributed by atoms with Crippen LogP contribution in [0.25, 0.3) is 10.8 Å². The van der Waals surface area contributed by atoms with Gasteiger partial charge in [0.1, 0.15) is 5.75 Å². The van der Waals surface area contributed by atoms with Crippen LogP contribution in [0.2, 0.25) is 0 Å². The number of ether oxygens (including phenoxy) is 3. The second kappa shape index (κ2) is 7.82. The molecule has 0 amide bonds. The van der Waals surface area contributed by atoms with Crippen molar-refractivity contribution in [2.75, 3.05) is 14.2 Å². The number of nitrogens with zero attached hydrogens (tertiary/aromatic N) is 2. The molecule has 0 fully saturated rings. The van der Waals surface area contributed by atoms with Crippen LogP contribution in [0.5, 0.6) is 5.75 Å². The molecule has 0 radical (unpaired) electrons. The van der Waals surface area contributed by atoms with Gasteiger partial charge in [-0.3, -0.25) is 0 Å². The highest BCUT2D eigenvalue weighted by Gasteiger charge is 2.16. The Morgan fingerprint density at radius 1 is 1.16 bits per heavy atom. The molecule has 0 aliphatic rings. The van der Waals surface area contributed by atoms with E-state index in [4.69, 9.17) is 19.9 Å². The number of esters is 1. The summed E-state index contributed by atoms with van der Waals surface area (Å²) in [6.45, 7) is 3.51. The summed E-state index contributed by atoms with van der Waals surface area (Å²) in [4.78, 5) is 20.1. The molecule has 0 aromatic heterocycles. The van der Waals surface area contributed by atoms with Crippen LogP contribution in [-0.4, -0.2) is 37.3 Å². The van der Waals surface area contributed by atoms with Crippen molar-refractivity contribution in [2.45, 2.75) is 0 Å². The van der Waals surface area contributed by atoms with Crippen molar-refractivity contribution in [1.29, 1.82) is 0 Å². The van der Waals surface area contributed by atoms with E-state index >= 15 is 0 Å². The Hall–Kier alpha value is -3.55. The van der Waals surface area contributed by atoms with Gasteiger partial charge in [-0.1, -0.05) is 12.1 Å². The number of hydrogen-bond acceptors (Lipinski definition) is 6. The molecule has 8 nitrogen and oxygen atoms in total. The normalized spacial score (nSPS) is 11.9. The van der Waals surface area contributed by atoms with Gasteiger partial charge in [-0.05, 0) is 41.6 Å². The molecule has 25 heavy (non-hydrogen) atoms. The number of phenolic OH excluding ortho intramolecular Hbond substituents is 1. The Bertz CT molecular complexity index is 874. The molecule has 2 rings (SSSR count). The van der Waals surface area contributed by atoms with Crippen molar-refractivity contribution < 1.29 is 24.1 Å². The highest BCUT2D eigenvalue weighted by molar-refractivity contribution is 6.08. The molecule has 0 spiro atoms. The molecule has 0 unspecified atom stereocenters. The third-order valence-corrected chi connectivity index (χ3v) is 3.14. The molecular formula is C17H17N3O5. The molecular weight excluding hydrogens is 326 g/mol. The number of amidine groups is 2. The summed E-state index contributed by atoms with van der Waals surface area (Å²) in [6, 6.07) is 8.99. The van der Waals surface area contributed by atoms with Crippen LogP contribution >= 0.6 is 0 Å². The monoisotopic (exact) mass is 343 g/mol. The van der Waals surface area contributed by atoms with E-state index in [-0.39, 0.29) is 29.2 Å². The zero-order valence-corrected chi connectivity index (χ0v) is 13.7. The topological polar surface area (TPSA) is 116 Å². The number of carbonyl (C=O) groups is 1. The molecule has 0 aliphatic carbocycles. The first-order valence-corrected chi connectivity index (χ1v) is 7.08. The number of aromatic hydroxyl groups is 1. The number of methoxy groups -OCH3 is 2. The molecule has 0 aliphatic heterocycles. The highest BCUT2D eigenvalue weighted by Crippen LogP contribution is 2.23. The minimum absolute atomic E-state index is 0.0294. The van der Waals surface area contributed by atoms with Gasteiger partial charge in [-0.25, -0.2) is 4.79 Å². The lowest BCUT2D eigenvalue weighted by molar-refractivity contribution is 0.0715. The molecule has 8 heteroatoms. The Labute approximate surface area is 143 Å². The summed E-state index contributed by atoms with van der Waals surface area (Å²) in [5, 5.41) is 10.8. The molecule has 0 saturated heterocycles. The largest absolute Gasteiger partial charge is 0.508 e. The van der Waals surface area contributed by atoms with Gasteiger partial charge in [0.15, 0.2) is 0 Å². The average molecular weight is 343 g/mol. The standard InChI is InChI=1S/C17H17N3O5/c1-10(23-2)19-17(20-16(18)24-3)25-15(22)14-6-4-5-11-9-12(21)7-8-13(11)14/h4-9,21H,1H2,2-3H3,(H2,18,19,20). The van der Waals surface area contributed by atoms with E-state index in [1.54, 1.807) is 24.3 Å². The Balaban J connectivity index is 2.39. The maximum absolute atomic E-state index is 12.5. The highest BCUT2D eigenvalue weighted by atomic mass is 16.6. The predicted molar refractivity (Wildman–Crippen MR) is 93.2 cm³/mol. The van der Waals surface area contributed by atoms with Crippen molar-refractivity contribution in [3.8, 4) is 5.75 Å². The number of fused-ring (bicyclic) bond motifs is 1. The summed E-state index contributed by atoms with van der Waals surface area (Å²) >= 11 is 0.